The Morgan fingerprint density at radius 1 is 1.06 bits per heavy atom. The average molecular weight is 503 g/mol. The molecule has 1 amide bonds. The van der Waals surface area contributed by atoms with Gasteiger partial charge in [-0.05, 0) is 56.1 Å². The van der Waals surface area contributed by atoms with Crippen molar-refractivity contribution in [3.05, 3.63) is 41.5 Å². The maximum absolute atomic E-state index is 12.0. The Balaban J connectivity index is 1.50. The molecule has 2 aromatic rings. The van der Waals surface area contributed by atoms with Gasteiger partial charge in [0.1, 0.15) is 24.2 Å². The summed E-state index contributed by atoms with van der Waals surface area (Å²) in [4.78, 5) is 23.6. The van der Waals surface area contributed by atoms with Crippen LogP contribution in [0.5, 0.6) is 23.0 Å². The molecule has 0 aromatic heterocycles. The van der Waals surface area contributed by atoms with E-state index in [4.69, 9.17) is 23.7 Å². The predicted octanol–water partition coefficient (Wildman–Crippen LogP) is 2.10. The second-order valence-corrected chi connectivity index (χ2v) is 8.17. The molecule has 1 aliphatic heterocycles. The quantitative estimate of drug-likeness (QED) is 0.263. The Bertz CT molecular complexity index is 1040. The first-order chi connectivity index (χ1) is 17.4. The van der Waals surface area contributed by atoms with E-state index >= 15 is 0 Å². The Hall–Kier alpha value is -3.50. The summed E-state index contributed by atoms with van der Waals surface area (Å²) in [5.41, 5.74) is 2.34. The first kappa shape index (κ1) is 27.1. The third kappa shape index (κ3) is 7.50. The van der Waals surface area contributed by atoms with E-state index in [1.807, 2.05) is 18.2 Å². The van der Waals surface area contributed by atoms with Crippen LogP contribution in [0, 0.1) is 0 Å². The number of fused-ring (bicyclic) bond motifs is 1. The summed E-state index contributed by atoms with van der Waals surface area (Å²) in [7, 11) is 3.20. The van der Waals surface area contributed by atoms with Crippen molar-refractivity contribution in [2.24, 2.45) is 0 Å². The Morgan fingerprint density at radius 3 is 2.56 bits per heavy atom. The molecular formula is C26H34N2O8. The molecule has 0 bridgehead atoms. The summed E-state index contributed by atoms with van der Waals surface area (Å²) in [6.07, 6.45) is 0.801. The molecule has 10 heteroatoms. The molecule has 0 saturated heterocycles. The zero-order chi connectivity index (χ0) is 25.9. The van der Waals surface area contributed by atoms with Crippen LogP contribution in [0.2, 0.25) is 0 Å². The van der Waals surface area contributed by atoms with Crippen molar-refractivity contribution in [2.45, 2.75) is 32.3 Å². The van der Waals surface area contributed by atoms with Crippen LogP contribution in [0.25, 0.3) is 0 Å². The summed E-state index contributed by atoms with van der Waals surface area (Å²) < 4.78 is 26.9. The van der Waals surface area contributed by atoms with Crippen molar-refractivity contribution in [1.29, 1.82) is 0 Å². The molecule has 1 heterocycles. The van der Waals surface area contributed by atoms with Gasteiger partial charge in [-0.1, -0.05) is 6.07 Å². The molecule has 10 nitrogen and oxygen atoms in total. The number of anilines is 1. The minimum Gasteiger partial charge on any atom is -0.493 e. The van der Waals surface area contributed by atoms with Crippen LogP contribution in [0.15, 0.2) is 30.3 Å². The molecule has 196 valence electrons. The van der Waals surface area contributed by atoms with Gasteiger partial charge in [-0.15, -0.1) is 0 Å². The number of aliphatic hydroxyl groups excluding tert-OH is 1. The fourth-order valence-corrected chi connectivity index (χ4v) is 3.81. The number of benzene rings is 2. The Labute approximate surface area is 210 Å². The zero-order valence-electron chi connectivity index (χ0n) is 20.9. The molecule has 36 heavy (non-hydrogen) atoms. The molecule has 1 atom stereocenters. The van der Waals surface area contributed by atoms with Crippen molar-refractivity contribution in [1.82, 2.24) is 5.32 Å². The van der Waals surface area contributed by atoms with Gasteiger partial charge < -0.3 is 39.4 Å². The van der Waals surface area contributed by atoms with Crippen molar-refractivity contribution in [3.8, 4) is 23.0 Å². The monoisotopic (exact) mass is 502 g/mol. The maximum Gasteiger partial charge on any atom is 0.344 e. The molecule has 0 saturated carbocycles. The number of methoxy groups -OCH3 is 2. The number of hydrogen-bond donors (Lipinski definition) is 3. The van der Waals surface area contributed by atoms with E-state index in [0.29, 0.717) is 54.6 Å². The third-order valence-corrected chi connectivity index (χ3v) is 5.60. The van der Waals surface area contributed by atoms with Crippen LogP contribution >= 0.6 is 0 Å². The lowest BCUT2D eigenvalue weighted by Gasteiger charge is -2.23. The second-order valence-electron chi connectivity index (χ2n) is 8.17. The van der Waals surface area contributed by atoms with Gasteiger partial charge in [0.2, 0.25) is 5.91 Å². The number of carbonyl (C=O) groups is 2. The summed E-state index contributed by atoms with van der Waals surface area (Å²) in [5, 5.41) is 16.4. The number of aliphatic hydroxyl groups is 1. The second kappa shape index (κ2) is 13.6. The topological polar surface area (TPSA) is 125 Å². The highest BCUT2D eigenvalue weighted by molar-refractivity contribution is 5.96. The normalized spacial score (nSPS) is 13.3. The standard InChI is InChI=1S/C26H34N2O8/c1-4-34-25(31)16-36-22-9-8-20(19-6-10-24(30)28-26(19)22)35-15-18(29)14-27-12-11-17-5-7-21(32-2)23(13-17)33-3/h5,7-9,13,18,27,29H,4,6,10-12,14-16H2,1-3H3,(H,28,30). The van der Waals surface area contributed by atoms with Gasteiger partial charge in [-0.2, -0.15) is 0 Å². The number of amides is 1. The number of carbonyl (C=O) groups excluding carboxylic acids is 2. The fraction of sp³-hybridized carbons (Fsp3) is 0.462. The summed E-state index contributed by atoms with van der Waals surface area (Å²) in [5.74, 6) is 1.66. The molecule has 0 spiro atoms. The lowest BCUT2D eigenvalue weighted by molar-refractivity contribution is -0.145. The van der Waals surface area contributed by atoms with E-state index in [2.05, 4.69) is 10.6 Å². The van der Waals surface area contributed by atoms with Gasteiger partial charge in [0.25, 0.3) is 0 Å². The van der Waals surface area contributed by atoms with E-state index in [1.165, 1.54) is 0 Å². The number of hydrogen-bond acceptors (Lipinski definition) is 9. The molecule has 0 fully saturated rings. The summed E-state index contributed by atoms with van der Waals surface area (Å²) in [6.45, 7) is 2.82. The highest BCUT2D eigenvalue weighted by Crippen LogP contribution is 2.39. The van der Waals surface area contributed by atoms with Crippen LogP contribution in [0.4, 0.5) is 5.69 Å². The Morgan fingerprint density at radius 2 is 1.81 bits per heavy atom. The largest absolute Gasteiger partial charge is 0.493 e. The highest BCUT2D eigenvalue weighted by atomic mass is 16.6. The molecule has 1 aliphatic rings. The first-order valence-corrected chi connectivity index (χ1v) is 11.9. The van der Waals surface area contributed by atoms with Gasteiger partial charge in [-0.3, -0.25) is 4.79 Å². The van der Waals surface area contributed by atoms with Gasteiger partial charge in [-0.25, -0.2) is 4.79 Å². The van der Waals surface area contributed by atoms with E-state index in [0.717, 1.165) is 17.5 Å². The van der Waals surface area contributed by atoms with Gasteiger partial charge in [0.05, 0.1) is 26.5 Å². The Kier molecular flexibility index (Phi) is 10.2. The number of nitrogens with one attached hydrogen (secondary N) is 2. The van der Waals surface area contributed by atoms with E-state index in [1.54, 1.807) is 33.3 Å². The molecule has 3 N–H and O–H groups in total. The fourth-order valence-electron chi connectivity index (χ4n) is 3.81. The molecular weight excluding hydrogens is 468 g/mol. The van der Waals surface area contributed by atoms with E-state index in [9.17, 15) is 14.7 Å². The molecule has 0 radical (unpaired) electrons. The summed E-state index contributed by atoms with van der Waals surface area (Å²) in [6, 6.07) is 9.13. The third-order valence-electron chi connectivity index (χ3n) is 5.60. The van der Waals surface area contributed by atoms with Crippen LogP contribution in [-0.4, -0.2) is 70.2 Å². The van der Waals surface area contributed by atoms with Crippen LogP contribution in [0.3, 0.4) is 0 Å². The van der Waals surface area contributed by atoms with Gasteiger partial charge in [0.15, 0.2) is 18.1 Å². The molecule has 0 aliphatic carbocycles. The molecule has 2 aromatic carbocycles. The number of rotatable bonds is 14. The molecule has 1 unspecified atom stereocenters. The average Bonchev–Trinajstić information content (AvgIpc) is 2.88. The lowest BCUT2D eigenvalue weighted by atomic mass is 10.0. The highest BCUT2D eigenvalue weighted by Gasteiger charge is 2.24. The predicted molar refractivity (Wildman–Crippen MR) is 133 cm³/mol. The summed E-state index contributed by atoms with van der Waals surface area (Å²) >= 11 is 0. The maximum atomic E-state index is 12.0. The minimum atomic E-state index is -0.732. The number of esters is 1. The van der Waals surface area contributed by atoms with Gasteiger partial charge in [0, 0.05) is 18.5 Å². The zero-order valence-corrected chi connectivity index (χ0v) is 20.9. The van der Waals surface area contributed by atoms with Crippen LogP contribution in [0.1, 0.15) is 24.5 Å². The lowest BCUT2D eigenvalue weighted by Crippen LogP contribution is -2.32. The number of ether oxygens (including phenoxy) is 5. The molecule has 3 rings (SSSR count). The van der Waals surface area contributed by atoms with E-state index < -0.39 is 12.1 Å². The van der Waals surface area contributed by atoms with Crippen LogP contribution < -0.4 is 29.6 Å². The van der Waals surface area contributed by atoms with Crippen molar-refractivity contribution >= 4 is 17.6 Å². The van der Waals surface area contributed by atoms with Crippen LogP contribution in [-0.2, 0) is 27.2 Å². The first-order valence-electron chi connectivity index (χ1n) is 11.9. The van der Waals surface area contributed by atoms with E-state index in [-0.39, 0.29) is 25.7 Å². The minimum absolute atomic E-state index is 0.0762. The van der Waals surface area contributed by atoms with Crippen molar-refractivity contribution < 1.29 is 38.4 Å². The van der Waals surface area contributed by atoms with Crippen molar-refractivity contribution in [3.63, 3.8) is 0 Å². The van der Waals surface area contributed by atoms with Crippen molar-refractivity contribution in [2.75, 3.05) is 52.4 Å². The SMILES string of the molecule is CCOC(=O)COc1ccc(OCC(O)CNCCc2ccc(OC)c(OC)c2)c2c1NC(=O)CC2. The van der Waals surface area contributed by atoms with Gasteiger partial charge >= 0.3 is 5.97 Å². The smallest absolute Gasteiger partial charge is 0.344 e.